The SMILES string of the molecule is CCCOc1ccc(Cl)cc1NCCNC(=O)OC(C)(C)C. The van der Waals surface area contributed by atoms with Gasteiger partial charge in [0.15, 0.2) is 0 Å². The third-order valence-corrected chi connectivity index (χ3v) is 2.75. The number of benzene rings is 1. The number of alkyl carbamates (subject to hydrolysis) is 1. The number of nitrogens with one attached hydrogen (secondary N) is 2. The molecule has 1 aromatic rings. The third kappa shape index (κ3) is 7.41. The van der Waals surface area contributed by atoms with Gasteiger partial charge in [-0.05, 0) is 45.4 Å². The molecule has 6 heteroatoms. The summed E-state index contributed by atoms with van der Waals surface area (Å²) in [5.41, 5.74) is 0.318. The Kier molecular flexibility index (Phi) is 7.32. The zero-order valence-electron chi connectivity index (χ0n) is 13.7. The summed E-state index contributed by atoms with van der Waals surface area (Å²) in [4.78, 5) is 11.5. The van der Waals surface area contributed by atoms with E-state index in [1.54, 1.807) is 12.1 Å². The Labute approximate surface area is 137 Å². The molecule has 0 radical (unpaired) electrons. The number of rotatable bonds is 7. The monoisotopic (exact) mass is 328 g/mol. The number of anilines is 1. The summed E-state index contributed by atoms with van der Waals surface area (Å²) in [6, 6.07) is 5.43. The van der Waals surface area contributed by atoms with Gasteiger partial charge in [-0.25, -0.2) is 4.79 Å². The lowest BCUT2D eigenvalue weighted by Crippen LogP contribution is -2.35. The van der Waals surface area contributed by atoms with Gasteiger partial charge in [-0.15, -0.1) is 0 Å². The maximum absolute atomic E-state index is 11.5. The fourth-order valence-electron chi connectivity index (χ4n) is 1.65. The standard InChI is InChI=1S/C16H25ClN2O3/c1-5-10-21-14-7-6-12(17)11-13(14)18-8-9-19-15(20)22-16(2,3)4/h6-7,11,18H,5,8-10H2,1-4H3,(H,19,20). The first-order valence-corrected chi connectivity index (χ1v) is 7.82. The summed E-state index contributed by atoms with van der Waals surface area (Å²) >= 11 is 6.00. The molecule has 1 rings (SSSR count). The van der Waals surface area contributed by atoms with Crippen LogP contribution in [0.25, 0.3) is 0 Å². The van der Waals surface area contributed by atoms with Crippen molar-refractivity contribution in [1.82, 2.24) is 5.32 Å². The van der Waals surface area contributed by atoms with Crippen molar-refractivity contribution in [2.24, 2.45) is 0 Å². The summed E-state index contributed by atoms with van der Waals surface area (Å²) in [7, 11) is 0. The molecular formula is C16H25ClN2O3. The Morgan fingerprint density at radius 2 is 2.00 bits per heavy atom. The predicted molar refractivity (Wildman–Crippen MR) is 90.0 cm³/mol. The molecular weight excluding hydrogens is 304 g/mol. The number of halogens is 1. The van der Waals surface area contributed by atoms with E-state index in [1.165, 1.54) is 0 Å². The Morgan fingerprint density at radius 3 is 2.64 bits per heavy atom. The minimum absolute atomic E-state index is 0.428. The molecule has 0 aliphatic heterocycles. The molecule has 0 aromatic heterocycles. The minimum atomic E-state index is -0.494. The van der Waals surface area contributed by atoms with Gasteiger partial charge in [0, 0.05) is 18.1 Å². The molecule has 5 nitrogen and oxygen atoms in total. The van der Waals surface area contributed by atoms with E-state index in [0.717, 1.165) is 17.9 Å². The van der Waals surface area contributed by atoms with Crippen molar-refractivity contribution in [3.63, 3.8) is 0 Å². The second-order valence-corrected chi connectivity index (χ2v) is 6.28. The minimum Gasteiger partial charge on any atom is -0.491 e. The van der Waals surface area contributed by atoms with Crippen molar-refractivity contribution in [2.75, 3.05) is 25.0 Å². The summed E-state index contributed by atoms with van der Waals surface area (Å²) in [6.07, 6.45) is 0.505. The third-order valence-electron chi connectivity index (χ3n) is 2.51. The maximum atomic E-state index is 11.5. The van der Waals surface area contributed by atoms with Gasteiger partial charge >= 0.3 is 6.09 Å². The zero-order chi connectivity index (χ0) is 16.6. The quantitative estimate of drug-likeness (QED) is 0.741. The highest BCUT2D eigenvalue weighted by Gasteiger charge is 2.15. The summed E-state index contributed by atoms with van der Waals surface area (Å²) in [5, 5.41) is 6.52. The lowest BCUT2D eigenvalue weighted by Gasteiger charge is -2.20. The van der Waals surface area contributed by atoms with Crippen molar-refractivity contribution in [3.05, 3.63) is 23.2 Å². The number of hydrogen-bond donors (Lipinski definition) is 2. The molecule has 124 valence electrons. The molecule has 0 heterocycles. The van der Waals surface area contributed by atoms with E-state index < -0.39 is 11.7 Å². The largest absolute Gasteiger partial charge is 0.491 e. The molecule has 0 saturated heterocycles. The van der Waals surface area contributed by atoms with Crippen LogP contribution in [-0.2, 0) is 4.74 Å². The fourth-order valence-corrected chi connectivity index (χ4v) is 1.83. The molecule has 22 heavy (non-hydrogen) atoms. The van der Waals surface area contributed by atoms with Crippen molar-refractivity contribution in [3.8, 4) is 5.75 Å². The maximum Gasteiger partial charge on any atom is 0.407 e. The first kappa shape index (κ1) is 18.4. The van der Waals surface area contributed by atoms with Gasteiger partial charge < -0.3 is 20.1 Å². The lowest BCUT2D eigenvalue weighted by molar-refractivity contribution is 0.0530. The molecule has 1 amide bonds. The van der Waals surface area contributed by atoms with Crippen molar-refractivity contribution >= 4 is 23.4 Å². The normalized spacial score (nSPS) is 11.0. The Hall–Kier alpha value is -1.62. The van der Waals surface area contributed by atoms with Crippen LogP contribution in [0.4, 0.5) is 10.5 Å². The highest BCUT2D eigenvalue weighted by Crippen LogP contribution is 2.27. The second kappa shape index (κ2) is 8.73. The zero-order valence-corrected chi connectivity index (χ0v) is 14.4. The van der Waals surface area contributed by atoms with Crippen LogP contribution in [0.5, 0.6) is 5.75 Å². The van der Waals surface area contributed by atoms with E-state index in [4.69, 9.17) is 21.1 Å². The van der Waals surface area contributed by atoms with E-state index in [9.17, 15) is 4.79 Å². The van der Waals surface area contributed by atoms with Crippen molar-refractivity contribution in [2.45, 2.75) is 39.7 Å². The van der Waals surface area contributed by atoms with Crippen LogP contribution in [-0.4, -0.2) is 31.4 Å². The lowest BCUT2D eigenvalue weighted by atomic mass is 10.2. The van der Waals surface area contributed by atoms with Gasteiger partial charge in [-0.2, -0.15) is 0 Å². The first-order chi connectivity index (χ1) is 10.3. The van der Waals surface area contributed by atoms with Crippen LogP contribution in [0.3, 0.4) is 0 Å². The molecule has 1 aromatic carbocycles. The molecule has 0 unspecified atom stereocenters. The van der Waals surface area contributed by atoms with Gasteiger partial charge in [-0.1, -0.05) is 18.5 Å². The Bertz CT molecular complexity index is 487. The topological polar surface area (TPSA) is 59.6 Å². The highest BCUT2D eigenvalue weighted by molar-refractivity contribution is 6.30. The molecule has 0 aliphatic carbocycles. The van der Waals surface area contributed by atoms with Gasteiger partial charge in [0.1, 0.15) is 11.4 Å². The van der Waals surface area contributed by atoms with Crippen LogP contribution in [0.15, 0.2) is 18.2 Å². The highest BCUT2D eigenvalue weighted by atomic mass is 35.5. The predicted octanol–water partition coefficient (Wildman–Crippen LogP) is 4.07. The number of carbonyl (C=O) groups excluding carboxylic acids is 1. The van der Waals surface area contributed by atoms with Crippen LogP contribution >= 0.6 is 11.6 Å². The number of hydrogen-bond acceptors (Lipinski definition) is 4. The molecule has 0 fully saturated rings. The average Bonchev–Trinajstić information content (AvgIpc) is 2.40. The number of carbonyl (C=O) groups is 1. The Morgan fingerprint density at radius 1 is 1.27 bits per heavy atom. The molecule has 0 bridgehead atoms. The first-order valence-electron chi connectivity index (χ1n) is 7.45. The smallest absolute Gasteiger partial charge is 0.407 e. The molecule has 2 N–H and O–H groups in total. The van der Waals surface area contributed by atoms with Crippen LogP contribution in [0.2, 0.25) is 5.02 Å². The number of amides is 1. The van der Waals surface area contributed by atoms with E-state index in [0.29, 0.717) is 24.7 Å². The molecule has 0 aliphatic rings. The van der Waals surface area contributed by atoms with Crippen LogP contribution in [0, 0.1) is 0 Å². The second-order valence-electron chi connectivity index (χ2n) is 5.84. The van der Waals surface area contributed by atoms with Crippen LogP contribution < -0.4 is 15.4 Å². The molecule has 0 atom stereocenters. The van der Waals surface area contributed by atoms with Crippen molar-refractivity contribution < 1.29 is 14.3 Å². The van der Waals surface area contributed by atoms with Gasteiger partial charge in [0.2, 0.25) is 0 Å². The Balaban J connectivity index is 2.44. The van der Waals surface area contributed by atoms with E-state index in [-0.39, 0.29) is 0 Å². The van der Waals surface area contributed by atoms with Gasteiger partial charge in [-0.3, -0.25) is 0 Å². The fraction of sp³-hybridized carbons (Fsp3) is 0.562. The molecule has 0 saturated carbocycles. The summed E-state index contributed by atoms with van der Waals surface area (Å²) in [5.74, 6) is 0.753. The van der Waals surface area contributed by atoms with Gasteiger partial charge in [0.05, 0.1) is 12.3 Å². The van der Waals surface area contributed by atoms with E-state index in [1.807, 2.05) is 33.8 Å². The number of ether oxygens (including phenoxy) is 2. The molecule has 0 spiro atoms. The summed E-state index contributed by atoms with van der Waals surface area (Å²) < 4.78 is 10.8. The van der Waals surface area contributed by atoms with E-state index in [2.05, 4.69) is 10.6 Å². The summed E-state index contributed by atoms with van der Waals surface area (Å²) in [6.45, 7) is 9.16. The average molecular weight is 329 g/mol. The van der Waals surface area contributed by atoms with Crippen LogP contribution in [0.1, 0.15) is 34.1 Å². The van der Waals surface area contributed by atoms with E-state index >= 15 is 0 Å². The van der Waals surface area contributed by atoms with Crippen molar-refractivity contribution in [1.29, 1.82) is 0 Å². The van der Waals surface area contributed by atoms with Gasteiger partial charge in [0.25, 0.3) is 0 Å².